The van der Waals surface area contributed by atoms with Gasteiger partial charge in [-0.2, -0.15) is 9.61 Å². The van der Waals surface area contributed by atoms with Crippen molar-refractivity contribution in [1.82, 2.24) is 14.6 Å². The second-order valence-electron chi connectivity index (χ2n) is 9.50. The fourth-order valence-electron chi connectivity index (χ4n) is 5.54. The molecule has 0 radical (unpaired) electrons. The molecule has 168 valence electrons. The van der Waals surface area contributed by atoms with E-state index in [-0.39, 0.29) is 5.82 Å². The molecule has 2 aromatic carbocycles. The molecule has 1 aliphatic heterocycles. The maximum Gasteiger partial charge on any atom is 0.158 e. The molecule has 4 aromatic rings. The quantitative estimate of drug-likeness (QED) is 0.398. The van der Waals surface area contributed by atoms with Crippen molar-refractivity contribution < 1.29 is 4.39 Å². The Morgan fingerprint density at radius 2 is 1.73 bits per heavy atom. The van der Waals surface area contributed by atoms with Gasteiger partial charge in [0, 0.05) is 36.0 Å². The van der Waals surface area contributed by atoms with Crippen LogP contribution in [-0.2, 0) is 19.3 Å². The first-order valence-corrected chi connectivity index (χ1v) is 12.2. The first-order valence-electron chi connectivity index (χ1n) is 12.2. The summed E-state index contributed by atoms with van der Waals surface area (Å²) < 4.78 is 15.9. The number of hydrogen-bond donors (Lipinski definition) is 0. The molecule has 1 fully saturated rings. The van der Waals surface area contributed by atoms with Gasteiger partial charge in [0.2, 0.25) is 0 Å². The van der Waals surface area contributed by atoms with Gasteiger partial charge in [0.05, 0.1) is 5.69 Å². The van der Waals surface area contributed by atoms with Crippen LogP contribution in [0.5, 0.6) is 0 Å². The van der Waals surface area contributed by atoms with Crippen LogP contribution in [0.25, 0.3) is 16.9 Å². The Morgan fingerprint density at radius 3 is 2.55 bits per heavy atom. The Bertz CT molecular complexity index is 1270. The molecule has 0 N–H and O–H groups in total. The smallest absolute Gasteiger partial charge is 0.158 e. The largest absolute Gasteiger partial charge is 0.356 e. The topological polar surface area (TPSA) is 33.4 Å². The van der Waals surface area contributed by atoms with Gasteiger partial charge >= 0.3 is 0 Å². The van der Waals surface area contributed by atoms with Gasteiger partial charge in [-0.05, 0) is 68.6 Å². The normalized spacial score (nSPS) is 16.8. The molecule has 4 nitrogen and oxygen atoms in total. The summed E-state index contributed by atoms with van der Waals surface area (Å²) in [5.74, 6) is 1.70. The number of halogens is 1. The molecule has 0 atom stereocenters. The molecule has 1 aliphatic carbocycles. The second-order valence-corrected chi connectivity index (χ2v) is 9.50. The Hall–Kier alpha value is -3.21. The number of aryl methyl sites for hydroxylation is 1. The van der Waals surface area contributed by atoms with Crippen LogP contribution in [0.1, 0.15) is 42.5 Å². The molecule has 0 spiro atoms. The fourth-order valence-corrected chi connectivity index (χ4v) is 5.54. The van der Waals surface area contributed by atoms with Crippen LogP contribution in [0.4, 0.5) is 10.2 Å². The van der Waals surface area contributed by atoms with Gasteiger partial charge in [-0.1, -0.05) is 42.5 Å². The summed E-state index contributed by atoms with van der Waals surface area (Å²) in [6, 6.07) is 19.5. The summed E-state index contributed by atoms with van der Waals surface area (Å²) in [5, 5.41) is 4.94. The van der Waals surface area contributed by atoms with Crippen LogP contribution in [0.2, 0.25) is 0 Å². The van der Waals surface area contributed by atoms with Crippen molar-refractivity contribution in [3.8, 4) is 11.3 Å². The molecule has 1 saturated heterocycles. The highest BCUT2D eigenvalue weighted by atomic mass is 19.1. The Morgan fingerprint density at radius 1 is 0.909 bits per heavy atom. The lowest BCUT2D eigenvalue weighted by molar-refractivity contribution is 0.400. The van der Waals surface area contributed by atoms with Gasteiger partial charge < -0.3 is 4.90 Å². The predicted molar refractivity (Wildman–Crippen MR) is 130 cm³/mol. The van der Waals surface area contributed by atoms with E-state index in [0.717, 1.165) is 55.2 Å². The number of piperidine rings is 1. The number of fused-ring (bicyclic) bond motifs is 2. The van der Waals surface area contributed by atoms with E-state index in [0.29, 0.717) is 0 Å². The minimum absolute atomic E-state index is 0.238. The average molecular weight is 441 g/mol. The lowest BCUT2D eigenvalue weighted by atomic mass is 9.89. The van der Waals surface area contributed by atoms with Crippen molar-refractivity contribution in [3.63, 3.8) is 0 Å². The summed E-state index contributed by atoms with van der Waals surface area (Å²) in [5.41, 5.74) is 6.48. The molecular weight excluding hydrogens is 411 g/mol. The van der Waals surface area contributed by atoms with Gasteiger partial charge in [0.25, 0.3) is 0 Å². The average Bonchev–Trinajstić information content (AvgIpc) is 3.27. The van der Waals surface area contributed by atoms with Crippen molar-refractivity contribution >= 4 is 11.5 Å². The van der Waals surface area contributed by atoms with Gasteiger partial charge in [0.1, 0.15) is 11.6 Å². The highest BCUT2D eigenvalue weighted by Gasteiger charge is 2.27. The van der Waals surface area contributed by atoms with Crippen molar-refractivity contribution in [3.05, 3.63) is 83.3 Å². The molecule has 2 aromatic heterocycles. The van der Waals surface area contributed by atoms with Crippen molar-refractivity contribution in [2.24, 2.45) is 5.92 Å². The highest BCUT2D eigenvalue weighted by Crippen LogP contribution is 2.34. The lowest BCUT2D eigenvalue weighted by Gasteiger charge is -2.35. The second kappa shape index (κ2) is 8.62. The zero-order valence-electron chi connectivity index (χ0n) is 18.9. The Labute approximate surface area is 194 Å². The third-order valence-corrected chi connectivity index (χ3v) is 7.25. The van der Waals surface area contributed by atoms with Crippen LogP contribution in [0, 0.1) is 11.7 Å². The molecule has 0 amide bonds. The van der Waals surface area contributed by atoms with Crippen molar-refractivity contribution in [1.29, 1.82) is 0 Å². The van der Waals surface area contributed by atoms with Gasteiger partial charge in [-0.3, -0.25) is 0 Å². The van der Waals surface area contributed by atoms with E-state index in [9.17, 15) is 4.39 Å². The summed E-state index contributed by atoms with van der Waals surface area (Å²) in [7, 11) is 0. The van der Waals surface area contributed by atoms with E-state index in [1.807, 2.05) is 16.6 Å². The van der Waals surface area contributed by atoms with Crippen LogP contribution in [-0.4, -0.2) is 27.7 Å². The SMILES string of the molecule is Fc1cccc(-c2cc3nc4c(c(N5CCC(Cc6ccccc6)CC5)n3n2)CCCC4)c1. The summed E-state index contributed by atoms with van der Waals surface area (Å²) in [4.78, 5) is 7.52. The standard InChI is InChI=1S/C28H29FN4/c29-23-10-6-9-22(18-23)26-19-27-30-25-12-5-4-11-24(25)28(33(27)31-26)32-15-13-21(14-16-32)17-20-7-2-1-3-8-20/h1-3,6-10,18-19,21H,4-5,11-17H2. The van der Waals surface area contributed by atoms with E-state index in [4.69, 9.17) is 10.1 Å². The van der Waals surface area contributed by atoms with Gasteiger partial charge in [-0.15, -0.1) is 0 Å². The molecule has 0 bridgehead atoms. The molecule has 0 saturated carbocycles. The minimum Gasteiger partial charge on any atom is -0.356 e. The number of aromatic nitrogens is 3. The van der Waals surface area contributed by atoms with Crippen molar-refractivity contribution in [2.75, 3.05) is 18.0 Å². The summed E-state index contributed by atoms with van der Waals surface area (Å²) >= 11 is 0. The molecule has 0 unspecified atom stereocenters. The molecule has 5 heteroatoms. The molecule has 3 heterocycles. The van der Waals surface area contributed by atoms with Crippen LogP contribution in [0.3, 0.4) is 0 Å². The lowest BCUT2D eigenvalue weighted by Crippen LogP contribution is -2.37. The maximum atomic E-state index is 13.9. The molecular formula is C28H29FN4. The van der Waals surface area contributed by atoms with Crippen LogP contribution >= 0.6 is 0 Å². The van der Waals surface area contributed by atoms with Crippen LogP contribution < -0.4 is 4.90 Å². The molecule has 6 rings (SSSR count). The highest BCUT2D eigenvalue weighted by molar-refractivity contribution is 5.67. The van der Waals surface area contributed by atoms with E-state index < -0.39 is 0 Å². The van der Waals surface area contributed by atoms with Crippen LogP contribution in [0.15, 0.2) is 60.7 Å². The molecule has 33 heavy (non-hydrogen) atoms. The Kier molecular flexibility index (Phi) is 5.33. The van der Waals surface area contributed by atoms with E-state index in [1.165, 1.54) is 54.4 Å². The number of anilines is 1. The van der Waals surface area contributed by atoms with E-state index in [1.54, 1.807) is 12.1 Å². The fraction of sp³-hybridized carbons (Fsp3) is 0.357. The number of rotatable bonds is 4. The first-order chi connectivity index (χ1) is 16.2. The monoisotopic (exact) mass is 440 g/mol. The maximum absolute atomic E-state index is 13.9. The summed E-state index contributed by atoms with van der Waals surface area (Å²) in [6.07, 6.45) is 8.02. The zero-order valence-corrected chi connectivity index (χ0v) is 18.9. The minimum atomic E-state index is -0.238. The van der Waals surface area contributed by atoms with Gasteiger partial charge in [0.15, 0.2) is 5.65 Å². The van der Waals surface area contributed by atoms with Gasteiger partial charge in [-0.25, -0.2) is 9.37 Å². The zero-order chi connectivity index (χ0) is 22.2. The third-order valence-electron chi connectivity index (χ3n) is 7.25. The first kappa shape index (κ1) is 20.4. The Balaban J connectivity index is 1.34. The van der Waals surface area contributed by atoms with Crippen molar-refractivity contribution in [2.45, 2.75) is 44.9 Å². The number of nitrogens with zero attached hydrogens (tertiary/aromatic N) is 4. The molecule has 2 aliphatic rings. The number of benzene rings is 2. The summed E-state index contributed by atoms with van der Waals surface area (Å²) in [6.45, 7) is 2.08. The number of hydrogen-bond acceptors (Lipinski definition) is 3. The third kappa shape index (κ3) is 4.01. The predicted octanol–water partition coefficient (Wildman–Crippen LogP) is 5.87. The van der Waals surface area contributed by atoms with E-state index >= 15 is 0 Å². The van der Waals surface area contributed by atoms with E-state index in [2.05, 4.69) is 35.2 Å².